The van der Waals surface area contributed by atoms with Crippen LogP contribution in [0.4, 0.5) is 0 Å². The van der Waals surface area contributed by atoms with E-state index < -0.39 is 0 Å². The molecule has 0 amide bonds. The largest absolute Gasteiger partial charge is 0.328 e. The molecule has 2 unspecified atom stereocenters. The summed E-state index contributed by atoms with van der Waals surface area (Å²) in [5.41, 5.74) is 8.29. The molecule has 0 aliphatic carbocycles. The summed E-state index contributed by atoms with van der Waals surface area (Å²) in [6.45, 7) is 8.60. The highest BCUT2D eigenvalue weighted by atomic mass is 32.2. The first-order valence-corrected chi connectivity index (χ1v) is 6.78. The first-order valence-electron chi connectivity index (χ1n) is 5.90. The van der Waals surface area contributed by atoms with Gasteiger partial charge >= 0.3 is 0 Å². The zero-order chi connectivity index (χ0) is 12.1. The van der Waals surface area contributed by atoms with E-state index in [1.807, 2.05) is 24.9 Å². The van der Waals surface area contributed by atoms with Gasteiger partial charge in [0.25, 0.3) is 0 Å². The molecule has 0 radical (unpaired) electrons. The van der Waals surface area contributed by atoms with Crippen LogP contribution in [-0.2, 0) is 6.42 Å². The summed E-state index contributed by atoms with van der Waals surface area (Å²) in [7, 11) is 0. The zero-order valence-electron chi connectivity index (χ0n) is 10.7. The summed E-state index contributed by atoms with van der Waals surface area (Å²) >= 11 is 1.86. The average molecular weight is 238 g/mol. The Morgan fingerprint density at radius 1 is 1.44 bits per heavy atom. The summed E-state index contributed by atoms with van der Waals surface area (Å²) in [4.78, 5) is 4.53. The fourth-order valence-electron chi connectivity index (χ4n) is 1.50. The van der Waals surface area contributed by atoms with Gasteiger partial charge in [0, 0.05) is 17.5 Å². The molecule has 3 heteroatoms. The van der Waals surface area contributed by atoms with Gasteiger partial charge in [-0.1, -0.05) is 19.9 Å². The van der Waals surface area contributed by atoms with Crippen LogP contribution in [0.1, 0.15) is 38.3 Å². The van der Waals surface area contributed by atoms with Crippen molar-refractivity contribution in [2.24, 2.45) is 5.73 Å². The second-order valence-corrected chi connectivity index (χ2v) is 5.91. The molecule has 1 aromatic rings. The van der Waals surface area contributed by atoms with Crippen LogP contribution < -0.4 is 5.73 Å². The molecule has 1 rings (SSSR count). The Morgan fingerprint density at radius 3 is 2.62 bits per heavy atom. The summed E-state index contributed by atoms with van der Waals surface area (Å²) in [6.07, 6.45) is 4.04. The van der Waals surface area contributed by atoms with E-state index in [4.69, 9.17) is 5.73 Å². The number of thioether (sulfide) groups is 1. The Labute approximate surface area is 103 Å². The zero-order valence-corrected chi connectivity index (χ0v) is 11.5. The van der Waals surface area contributed by atoms with Crippen LogP contribution in [-0.4, -0.2) is 16.3 Å². The number of rotatable bonds is 5. The lowest BCUT2D eigenvalue weighted by atomic mass is 10.1. The van der Waals surface area contributed by atoms with Gasteiger partial charge in [-0.15, -0.1) is 11.8 Å². The molecule has 0 saturated heterocycles. The second-order valence-electron chi connectivity index (χ2n) is 4.48. The van der Waals surface area contributed by atoms with E-state index >= 15 is 0 Å². The van der Waals surface area contributed by atoms with Crippen molar-refractivity contribution in [2.45, 2.75) is 56.9 Å². The molecule has 2 atom stereocenters. The fourth-order valence-corrected chi connectivity index (χ4v) is 2.41. The van der Waals surface area contributed by atoms with Crippen molar-refractivity contribution in [1.29, 1.82) is 0 Å². The van der Waals surface area contributed by atoms with Crippen molar-refractivity contribution in [2.75, 3.05) is 0 Å². The standard InChI is InChI=1S/C13H22N2S/c1-5-11(4)16-13-9(2)6-12(8-15-13)7-10(3)14/h6,8,10-11H,5,7,14H2,1-4H3. The third kappa shape index (κ3) is 4.14. The number of aromatic nitrogens is 1. The minimum Gasteiger partial charge on any atom is -0.328 e. The van der Waals surface area contributed by atoms with Crippen molar-refractivity contribution < 1.29 is 0 Å². The summed E-state index contributed by atoms with van der Waals surface area (Å²) in [6, 6.07) is 2.41. The van der Waals surface area contributed by atoms with Gasteiger partial charge in [0.05, 0.1) is 5.03 Å². The van der Waals surface area contributed by atoms with Gasteiger partial charge in [-0.05, 0) is 37.8 Å². The first-order chi connectivity index (χ1) is 7.52. The van der Waals surface area contributed by atoms with Gasteiger partial charge in [-0.2, -0.15) is 0 Å². The van der Waals surface area contributed by atoms with E-state index in [9.17, 15) is 0 Å². The molecule has 2 nitrogen and oxygen atoms in total. The van der Waals surface area contributed by atoms with Gasteiger partial charge in [0.2, 0.25) is 0 Å². The van der Waals surface area contributed by atoms with E-state index in [0.717, 1.165) is 11.4 Å². The Morgan fingerprint density at radius 2 is 2.12 bits per heavy atom. The van der Waals surface area contributed by atoms with E-state index in [1.54, 1.807) is 0 Å². The normalized spacial score (nSPS) is 14.8. The SMILES string of the molecule is CCC(C)Sc1ncc(CC(C)N)cc1C. The first kappa shape index (κ1) is 13.5. The van der Waals surface area contributed by atoms with Crippen LogP contribution in [0.3, 0.4) is 0 Å². The minimum absolute atomic E-state index is 0.203. The minimum atomic E-state index is 0.203. The lowest BCUT2D eigenvalue weighted by molar-refractivity contribution is 0.732. The predicted octanol–water partition coefficient (Wildman–Crippen LogP) is 3.17. The predicted molar refractivity (Wildman–Crippen MR) is 71.9 cm³/mol. The van der Waals surface area contributed by atoms with Gasteiger partial charge in [-0.25, -0.2) is 4.98 Å². The maximum Gasteiger partial charge on any atom is 0.0991 e. The summed E-state index contributed by atoms with van der Waals surface area (Å²) in [5, 5.41) is 1.79. The molecule has 2 N–H and O–H groups in total. The highest BCUT2D eigenvalue weighted by molar-refractivity contribution is 7.99. The average Bonchev–Trinajstić information content (AvgIpc) is 2.21. The fraction of sp³-hybridized carbons (Fsp3) is 0.615. The van der Waals surface area contributed by atoms with Gasteiger partial charge in [0.1, 0.15) is 0 Å². The van der Waals surface area contributed by atoms with Crippen LogP contribution in [0, 0.1) is 6.92 Å². The van der Waals surface area contributed by atoms with Crippen molar-refractivity contribution in [3.63, 3.8) is 0 Å². The third-order valence-corrected chi connectivity index (χ3v) is 3.92. The Bertz CT molecular complexity index is 337. The molecule has 90 valence electrons. The van der Waals surface area contributed by atoms with Crippen LogP contribution in [0.5, 0.6) is 0 Å². The maximum atomic E-state index is 5.78. The number of hydrogen-bond acceptors (Lipinski definition) is 3. The van der Waals surface area contributed by atoms with Crippen molar-refractivity contribution >= 4 is 11.8 Å². The Balaban J connectivity index is 2.75. The number of pyridine rings is 1. The van der Waals surface area contributed by atoms with E-state index in [-0.39, 0.29) is 6.04 Å². The van der Waals surface area contributed by atoms with Crippen LogP contribution >= 0.6 is 11.8 Å². The molecule has 0 spiro atoms. The summed E-state index contributed by atoms with van der Waals surface area (Å²) < 4.78 is 0. The van der Waals surface area contributed by atoms with E-state index in [0.29, 0.717) is 5.25 Å². The highest BCUT2D eigenvalue weighted by Gasteiger charge is 2.07. The van der Waals surface area contributed by atoms with Crippen molar-refractivity contribution in [1.82, 2.24) is 4.98 Å². The topological polar surface area (TPSA) is 38.9 Å². The Kier molecular flexibility index (Phi) is 5.29. The molecule has 0 aliphatic heterocycles. The molecule has 1 aromatic heterocycles. The third-order valence-electron chi connectivity index (χ3n) is 2.53. The molecule has 0 fully saturated rings. The van der Waals surface area contributed by atoms with E-state index in [1.165, 1.54) is 17.5 Å². The molecular weight excluding hydrogens is 216 g/mol. The van der Waals surface area contributed by atoms with Crippen LogP contribution in [0.15, 0.2) is 17.3 Å². The molecule has 1 heterocycles. The van der Waals surface area contributed by atoms with Crippen LogP contribution in [0.25, 0.3) is 0 Å². The molecule has 0 bridgehead atoms. The van der Waals surface area contributed by atoms with Crippen LogP contribution in [0.2, 0.25) is 0 Å². The van der Waals surface area contributed by atoms with Gasteiger partial charge in [0.15, 0.2) is 0 Å². The highest BCUT2D eigenvalue weighted by Crippen LogP contribution is 2.26. The molecule has 0 aliphatic rings. The molecule has 0 saturated carbocycles. The number of nitrogens with zero attached hydrogens (tertiary/aromatic N) is 1. The molecular formula is C13H22N2S. The number of aryl methyl sites for hydroxylation is 1. The van der Waals surface area contributed by atoms with Gasteiger partial charge < -0.3 is 5.73 Å². The maximum absolute atomic E-state index is 5.78. The van der Waals surface area contributed by atoms with E-state index in [2.05, 4.69) is 31.8 Å². The quantitative estimate of drug-likeness (QED) is 0.801. The van der Waals surface area contributed by atoms with Gasteiger partial charge in [-0.3, -0.25) is 0 Å². The number of nitrogens with two attached hydrogens (primary N) is 1. The lowest BCUT2D eigenvalue weighted by Crippen LogP contribution is -2.18. The molecule has 16 heavy (non-hydrogen) atoms. The second kappa shape index (κ2) is 6.26. The Hall–Kier alpha value is -0.540. The van der Waals surface area contributed by atoms with Crippen molar-refractivity contribution in [3.05, 3.63) is 23.4 Å². The number of hydrogen-bond donors (Lipinski definition) is 1. The smallest absolute Gasteiger partial charge is 0.0991 e. The van der Waals surface area contributed by atoms with Crippen molar-refractivity contribution in [3.8, 4) is 0 Å². The summed E-state index contributed by atoms with van der Waals surface area (Å²) in [5.74, 6) is 0. The monoisotopic (exact) mass is 238 g/mol. The lowest BCUT2D eigenvalue weighted by Gasteiger charge is -2.11. The molecule has 0 aromatic carbocycles.